The van der Waals surface area contributed by atoms with E-state index in [2.05, 4.69) is 25.3 Å². The fourth-order valence-corrected chi connectivity index (χ4v) is 3.07. The minimum absolute atomic E-state index is 0.238. The minimum Gasteiger partial charge on any atom is -0.463 e. The maximum Gasteiger partial charge on any atom is 0.334 e. The van der Waals surface area contributed by atoms with Crippen LogP contribution in [0.4, 0.5) is 0 Å². The van der Waals surface area contributed by atoms with Crippen molar-refractivity contribution in [2.45, 2.75) is 97.8 Å². The van der Waals surface area contributed by atoms with Crippen LogP contribution in [-0.4, -0.2) is 37.1 Å². The molecule has 0 rings (SSSR count). The highest BCUT2D eigenvalue weighted by atomic mass is 16.5. The zero-order valence-corrected chi connectivity index (χ0v) is 17.3. The summed E-state index contributed by atoms with van der Waals surface area (Å²) in [5.74, 6) is -0.238. The van der Waals surface area contributed by atoms with Crippen LogP contribution in [0.25, 0.3) is 0 Å². The van der Waals surface area contributed by atoms with Crippen LogP contribution in [0.3, 0.4) is 0 Å². The Morgan fingerprint density at radius 3 is 1.64 bits per heavy atom. The van der Waals surface area contributed by atoms with E-state index in [-0.39, 0.29) is 5.97 Å². The Balaban J connectivity index is 4.12. The highest BCUT2D eigenvalue weighted by Crippen LogP contribution is 2.10. The van der Waals surface area contributed by atoms with Crippen molar-refractivity contribution in [3.05, 3.63) is 12.2 Å². The van der Waals surface area contributed by atoms with Crippen LogP contribution in [0.2, 0.25) is 0 Å². The maximum atomic E-state index is 11.8. The maximum absolute atomic E-state index is 11.8. The van der Waals surface area contributed by atoms with Gasteiger partial charge in [-0.2, -0.15) is 0 Å². The van der Waals surface area contributed by atoms with E-state index < -0.39 is 0 Å². The first kappa shape index (κ1) is 24.2. The molecule has 25 heavy (non-hydrogen) atoms. The van der Waals surface area contributed by atoms with Gasteiger partial charge in [-0.15, -0.1) is 0 Å². The number of esters is 1. The summed E-state index contributed by atoms with van der Waals surface area (Å²) in [4.78, 5) is 14.2. The van der Waals surface area contributed by atoms with Gasteiger partial charge in [0.05, 0.1) is 6.61 Å². The lowest BCUT2D eigenvalue weighted by Crippen LogP contribution is -2.30. The summed E-state index contributed by atoms with van der Waals surface area (Å²) < 4.78 is 5.08. The van der Waals surface area contributed by atoms with Crippen LogP contribution >= 0.6 is 0 Å². The van der Waals surface area contributed by atoms with Crippen LogP contribution in [0.5, 0.6) is 0 Å². The first-order chi connectivity index (χ1) is 12.2. The first-order valence-corrected chi connectivity index (χ1v) is 10.7. The van der Waals surface area contributed by atoms with Crippen molar-refractivity contribution in [1.82, 2.24) is 4.90 Å². The number of hydrogen-bond donors (Lipinski definition) is 0. The normalized spacial score (nSPS) is 11.0. The van der Waals surface area contributed by atoms with E-state index in [1.165, 1.54) is 77.0 Å². The third-order valence-corrected chi connectivity index (χ3v) is 4.63. The van der Waals surface area contributed by atoms with Crippen molar-refractivity contribution < 1.29 is 9.53 Å². The van der Waals surface area contributed by atoms with Gasteiger partial charge in [-0.25, -0.2) is 4.79 Å². The van der Waals surface area contributed by atoms with Crippen molar-refractivity contribution in [3.8, 4) is 0 Å². The van der Waals surface area contributed by atoms with E-state index in [1.807, 2.05) is 6.92 Å². The topological polar surface area (TPSA) is 29.5 Å². The van der Waals surface area contributed by atoms with Crippen molar-refractivity contribution in [3.63, 3.8) is 0 Å². The molecule has 3 heteroatoms. The number of rotatable bonds is 18. The lowest BCUT2D eigenvalue weighted by atomic mass is 10.1. The van der Waals surface area contributed by atoms with Gasteiger partial charge in [0.25, 0.3) is 0 Å². The highest BCUT2D eigenvalue weighted by molar-refractivity contribution is 5.88. The molecule has 0 aromatic heterocycles. The molecule has 0 aliphatic heterocycles. The summed E-state index contributed by atoms with van der Waals surface area (Å²) in [5.41, 5.74) is 0.596. The standard InChI is InChI=1S/C22H43NO2/c1-5-8-10-12-14-16-18-23(19-17-15-13-11-9-6-2)20-21(4)22(24)25-7-3/h4-20H2,1-3H3. The second-order valence-corrected chi connectivity index (χ2v) is 7.14. The Labute approximate surface area is 157 Å². The lowest BCUT2D eigenvalue weighted by Gasteiger charge is -2.23. The second kappa shape index (κ2) is 18.0. The number of carbonyl (C=O) groups excluding carboxylic acids is 1. The summed E-state index contributed by atoms with van der Waals surface area (Å²) in [6.07, 6.45) is 15.7. The fraction of sp³-hybridized carbons (Fsp3) is 0.864. The largest absolute Gasteiger partial charge is 0.463 e. The third-order valence-electron chi connectivity index (χ3n) is 4.63. The van der Waals surface area contributed by atoms with E-state index in [0.29, 0.717) is 18.7 Å². The molecule has 0 saturated carbocycles. The molecule has 0 aliphatic carbocycles. The molecule has 0 heterocycles. The Bertz CT molecular complexity index is 312. The number of unbranched alkanes of at least 4 members (excludes halogenated alkanes) is 10. The molecule has 3 nitrogen and oxygen atoms in total. The summed E-state index contributed by atoms with van der Waals surface area (Å²) in [6, 6.07) is 0. The molecule has 148 valence electrons. The zero-order chi connectivity index (χ0) is 18.8. The van der Waals surface area contributed by atoms with E-state index in [0.717, 1.165) is 13.1 Å². The van der Waals surface area contributed by atoms with Crippen molar-refractivity contribution in [2.75, 3.05) is 26.2 Å². The Kier molecular flexibility index (Phi) is 17.4. The molecule has 0 aliphatic rings. The molecular formula is C22H43NO2. The zero-order valence-electron chi connectivity index (χ0n) is 17.3. The lowest BCUT2D eigenvalue weighted by molar-refractivity contribution is -0.138. The molecule has 0 fully saturated rings. The molecule has 0 unspecified atom stereocenters. The van der Waals surface area contributed by atoms with Gasteiger partial charge in [0.15, 0.2) is 0 Å². The fourth-order valence-electron chi connectivity index (χ4n) is 3.07. The van der Waals surface area contributed by atoms with Gasteiger partial charge in [-0.1, -0.05) is 84.6 Å². The molecule has 0 N–H and O–H groups in total. The predicted octanol–water partition coefficient (Wildman–Crippen LogP) is 6.13. The van der Waals surface area contributed by atoms with Gasteiger partial charge >= 0.3 is 5.97 Å². The molecular weight excluding hydrogens is 310 g/mol. The smallest absolute Gasteiger partial charge is 0.334 e. The van der Waals surface area contributed by atoms with Crippen LogP contribution in [0, 0.1) is 0 Å². The molecule has 0 aromatic rings. The quantitative estimate of drug-likeness (QED) is 0.169. The van der Waals surface area contributed by atoms with E-state index in [4.69, 9.17) is 4.74 Å². The van der Waals surface area contributed by atoms with E-state index >= 15 is 0 Å². The van der Waals surface area contributed by atoms with Gasteiger partial charge in [0.2, 0.25) is 0 Å². The van der Waals surface area contributed by atoms with Gasteiger partial charge < -0.3 is 4.74 Å². The number of ether oxygens (including phenoxy) is 1. The minimum atomic E-state index is -0.238. The molecule has 0 spiro atoms. The number of hydrogen-bond acceptors (Lipinski definition) is 3. The van der Waals surface area contributed by atoms with Gasteiger partial charge in [-0.3, -0.25) is 4.90 Å². The third kappa shape index (κ3) is 15.2. The number of nitrogens with zero attached hydrogens (tertiary/aromatic N) is 1. The Morgan fingerprint density at radius 1 is 0.760 bits per heavy atom. The van der Waals surface area contributed by atoms with Gasteiger partial charge in [0, 0.05) is 12.1 Å². The van der Waals surface area contributed by atoms with Crippen molar-refractivity contribution in [2.24, 2.45) is 0 Å². The molecule has 0 aromatic carbocycles. The van der Waals surface area contributed by atoms with Crippen LogP contribution < -0.4 is 0 Å². The van der Waals surface area contributed by atoms with Crippen LogP contribution in [0.1, 0.15) is 97.8 Å². The average molecular weight is 354 g/mol. The summed E-state index contributed by atoms with van der Waals surface area (Å²) in [7, 11) is 0. The monoisotopic (exact) mass is 353 g/mol. The highest BCUT2D eigenvalue weighted by Gasteiger charge is 2.13. The molecule has 0 radical (unpaired) electrons. The van der Waals surface area contributed by atoms with Gasteiger partial charge in [0.1, 0.15) is 0 Å². The first-order valence-electron chi connectivity index (χ1n) is 10.7. The van der Waals surface area contributed by atoms with Crippen molar-refractivity contribution in [1.29, 1.82) is 0 Å². The summed E-state index contributed by atoms with van der Waals surface area (Å²) in [6.45, 7) is 13.5. The number of carbonyl (C=O) groups is 1. The van der Waals surface area contributed by atoms with Crippen molar-refractivity contribution >= 4 is 5.97 Å². The predicted molar refractivity (Wildman–Crippen MR) is 109 cm³/mol. The molecule has 0 amide bonds. The molecule has 0 bridgehead atoms. The van der Waals surface area contributed by atoms with E-state index in [9.17, 15) is 4.79 Å². The SMILES string of the molecule is C=C(CN(CCCCCCCC)CCCCCCCC)C(=O)OCC. The van der Waals surface area contributed by atoms with Gasteiger partial charge in [-0.05, 0) is 32.9 Å². The molecule has 0 saturated heterocycles. The van der Waals surface area contributed by atoms with E-state index in [1.54, 1.807) is 0 Å². The second-order valence-electron chi connectivity index (χ2n) is 7.14. The van der Waals surface area contributed by atoms with Crippen LogP contribution in [-0.2, 0) is 9.53 Å². The average Bonchev–Trinajstić information content (AvgIpc) is 2.60. The summed E-state index contributed by atoms with van der Waals surface area (Å²) >= 11 is 0. The Morgan fingerprint density at radius 2 is 1.20 bits per heavy atom. The summed E-state index contributed by atoms with van der Waals surface area (Å²) in [5, 5.41) is 0. The molecule has 0 atom stereocenters. The van der Waals surface area contributed by atoms with Crippen LogP contribution in [0.15, 0.2) is 12.2 Å². The Hall–Kier alpha value is -0.830.